The highest BCUT2D eigenvalue weighted by molar-refractivity contribution is 7.89. The molecule has 0 aliphatic heterocycles. The molecule has 0 atom stereocenters. The molecule has 0 saturated heterocycles. The van der Waals surface area contributed by atoms with Crippen LogP contribution < -0.4 is 10.1 Å². The highest BCUT2D eigenvalue weighted by Gasteiger charge is 2.27. The maximum Gasteiger partial charge on any atom is 0.243 e. The Hall–Kier alpha value is -2.38. The van der Waals surface area contributed by atoms with Crippen molar-refractivity contribution in [1.29, 1.82) is 0 Å². The average Bonchev–Trinajstić information content (AvgIpc) is 2.62. The largest absolute Gasteiger partial charge is 0.455 e. The molecule has 3 rings (SSSR count). The van der Waals surface area contributed by atoms with E-state index in [1.807, 2.05) is 31.2 Å². The van der Waals surface area contributed by atoms with E-state index in [0.29, 0.717) is 30.3 Å². The van der Waals surface area contributed by atoms with Gasteiger partial charge in [0.1, 0.15) is 5.75 Å². The van der Waals surface area contributed by atoms with Crippen LogP contribution in [0.2, 0.25) is 0 Å². The highest BCUT2D eigenvalue weighted by Crippen LogP contribution is 2.35. The Kier molecular flexibility index (Phi) is 6.59. The first-order valence-corrected chi connectivity index (χ1v) is 11.5. The van der Waals surface area contributed by atoms with Gasteiger partial charge in [-0.05, 0) is 55.7 Å². The van der Waals surface area contributed by atoms with Crippen molar-refractivity contribution in [1.82, 2.24) is 4.31 Å². The second-order valence-electron chi connectivity index (χ2n) is 7.28. The number of aryl methyl sites for hydroxylation is 1. The fourth-order valence-electron chi connectivity index (χ4n) is 3.28. The fraction of sp³-hybridized carbons (Fsp3) is 0.409. The molecule has 0 bridgehead atoms. The van der Waals surface area contributed by atoms with Crippen LogP contribution in [-0.4, -0.2) is 31.7 Å². The van der Waals surface area contributed by atoms with Crippen molar-refractivity contribution in [3.8, 4) is 11.5 Å². The van der Waals surface area contributed by atoms with Gasteiger partial charge in [0.2, 0.25) is 15.9 Å². The monoisotopic (exact) mass is 416 g/mol. The number of ether oxygens (including phenoxy) is 1. The maximum absolute atomic E-state index is 12.9. The van der Waals surface area contributed by atoms with Gasteiger partial charge in [0.05, 0.1) is 10.6 Å². The SMILES string of the molecule is CCN(CC)S(=O)(=O)c1ccc(Oc2cccc(C)c2)c(NC(=O)C2CCC2)c1. The van der Waals surface area contributed by atoms with Crippen molar-refractivity contribution in [2.24, 2.45) is 5.92 Å². The van der Waals surface area contributed by atoms with Crippen molar-refractivity contribution in [3.63, 3.8) is 0 Å². The van der Waals surface area contributed by atoms with Crippen molar-refractivity contribution >= 4 is 21.6 Å². The van der Waals surface area contributed by atoms with Crippen LogP contribution in [0, 0.1) is 12.8 Å². The van der Waals surface area contributed by atoms with E-state index >= 15 is 0 Å². The van der Waals surface area contributed by atoms with Crippen LogP contribution >= 0.6 is 0 Å². The van der Waals surface area contributed by atoms with Crippen LogP contribution in [0.15, 0.2) is 47.4 Å². The first-order valence-electron chi connectivity index (χ1n) is 10.0. The molecule has 29 heavy (non-hydrogen) atoms. The van der Waals surface area contributed by atoms with E-state index in [4.69, 9.17) is 4.74 Å². The Morgan fingerprint density at radius 1 is 1.14 bits per heavy atom. The Morgan fingerprint density at radius 3 is 2.45 bits per heavy atom. The van der Waals surface area contributed by atoms with Gasteiger partial charge < -0.3 is 10.1 Å². The van der Waals surface area contributed by atoms with E-state index in [-0.39, 0.29) is 16.7 Å². The first kappa shape index (κ1) is 21.3. The summed E-state index contributed by atoms with van der Waals surface area (Å²) in [4.78, 5) is 12.7. The number of benzene rings is 2. The normalized spacial score (nSPS) is 14.5. The molecule has 7 heteroatoms. The smallest absolute Gasteiger partial charge is 0.243 e. The standard InChI is InChI=1S/C22H28N2O4S/c1-4-24(5-2)29(26,27)19-12-13-21(28-18-11-6-8-16(3)14-18)20(15-19)23-22(25)17-9-7-10-17/h6,8,11-15,17H,4-5,7,9-10H2,1-3H3,(H,23,25). The third kappa shape index (κ3) is 4.79. The number of carbonyl (C=O) groups excluding carboxylic acids is 1. The summed E-state index contributed by atoms with van der Waals surface area (Å²) in [6.07, 6.45) is 2.76. The molecule has 6 nitrogen and oxygen atoms in total. The molecule has 0 radical (unpaired) electrons. The zero-order valence-corrected chi connectivity index (χ0v) is 18.0. The van der Waals surface area contributed by atoms with Gasteiger partial charge in [-0.25, -0.2) is 8.42 Å². The van der Waals surface area contributed by atoms with E-state index < -0.39 is 10.0 Å². The second kappa shape index (κ2) is 8.97. The van der Waals surface area contributed by atoms with Crippen molar-refractivity contribution in [3.05, 3.63) is 48.0 Å². The Labute approximate surface area is 172 Å². The molecule has 0 aromatic heterocycles. The second-order valence-corrected chi connectivity index (χ2v) is 9.22. The lowest BCUT2D eigenvalue weighted by atomic mass is 9.85. The summed E-state index contributed by atoms with van der Waals surface area (Å²) >= 11 is 0. The molecule has 0 unspecified atom stereocenters. The Balaban J connectivity index is 1.97. The minimum Gasteiger partial charge on any atom is -0.455 e. The predicted octanol–water partition coefficient (Wildman–Crippen LogP) is 4.56. The van der Waals surface area contributed by atoms with Crippen LogP contribution in [0.5, 0.6) is 11.5 Å². The van der Waals surface area contributed by atoms with Gasteiger partial charge in [-0.1, -0.05) is 32.4 Å². The van der Waals surface area contributed by atoms with E-state index in [0.717, 1.165) is 24.8 Å². The lowest BCUT2D eigenvalue weighted by Gasteiger charge is -2.25. The first-order chi connectivity index (χ1) is 13.8. The number of amides is 1. The average molecular weight is 417 g/mol. The number of sulfonamides is 1. The maximum atomic E-state index is 12.9. The number of hydrogen-bond donors (Lipinski definition) is 1. The summed E-state index contributed by atoms with van der Waals surface area (Å²) < 4.78 is 33.2. The van der Waals surface area contributed by atoms with E-state index in [9.17, 15) is 13.2 Å². The van der Waals surface area contributed by atoms with Gasteiger partial charge in [0.15, 0.2) is 5.75 Å². The van der Waals surface area contributed by atoms with Crippen molar-refractivity contribution < 1.29 is 17.9 Å². The molecule has 1 amide bonds. The minimum atomic E-state index is -3.64. The number of carbonyl (C=O) groups is 1. The van der Waals surface area contributed by atoms with Gasteiger partial charge in [-0.3, -0.25) is 4.79 Å². The highest BCUT2D eigenvalue weighted by atomic mass is 32.2. The molecule has 1 fully saturated rings. The molecule has 2 aromatic rings. The molecular weight excluding hydrogens is 388 g/mol. The van der Waals surface area contributed by atoms with E-state index in [1.54, 1.807) is 19.9 Å². The molecule has 2 aromatic carbocycles. The van der Waals surface area contributed by atoms with Gasteiger partial charge in [0.25, 0.3) is 0 Å². The van der Waals surface area contributed by atoms with Crippen LogP contribution in [0.3, 0.4) is 0 Å². The number of rotatable bonds is 8. The van der Waals surface area contributed by atoms with E-state index in [2.05, 4.69) is 5.32 Å². The van der Waals surface area contributed by atoms with Crippen LogP contribution in [-0.2, 0) is 14.8 Å². The number of anilines is 1. The molecule has 0 spiro atoms. The number of hydrogen-bond acceptors (Lipinski definition) is 4. The molecule has 1 saturated carbocycles. The van der Waals surface area contributed by atoms with Crippen molar-refractivity contribution in [2.45, 2.75) is 44.9 Å². The van der Waals surface area contributed by atoms with Gasteiger partial charge in [-0.2, -0.15) is 4.31 Å². The van der Waals surface area contributed by atoms with Gasteiger partial charge >= 0.3 is 0 Å². The summed E-state index contributed by atoms with van der Waals surface area (Å²) in [6.45, 7) is 6.32. The lowest BCUT2D eigenvalue weighted by Crippen LogP contribution is -2.31. The quantitative estimate of drug-likeness (QED) is 0.685. The number of nitrogens with one attached hydrogen (secondary N) is 1. The van der Waals surface area contributed by atoms with Crippen LogP contribution in [0.1, 0.15) is 38.7 Å². The Morgan fingerprint density at radius 2 is 1.86 bits per heavy atom. The van der Waals surface area contributed by atoms with Crippen LogP contribution in [0.4, 0.5) is 5.69 Å². The molecule has 1 N–H and O–H groups in total. The van der Waals surface area contributed by atoms with Gasteiger partial charge in [-0.15, -0.1) is 0 Å². The molecule has 1 aliphatic carbocycles. The van der Waals surface area contributed by atoms with Crippen molar-refractivity contribution in [2.75, 3.05) is 18.4 Å². The summed E-state index contributed by atoms with van der Waals surface area (Å²) in [5.74, 6) is 0.929. The summed E-state index contributed by atoms with van der Waals surface area (Å²) in [7, 11) is -3.64. The minimum absolute atomic E-state index is 0.0233. The summed E-state index contributed by atoms with van der Waals surface area (Å²) in [5.41, 5.74) is 1.42. The lowest BCUT2D eigenvalue weighted by molar-refractivity contribution is -0.122. The third-order valence-corrected chi connectivity index (χ3v) is 7.29. The predicted molar refractivity (Wildman–Crippen MR) is 114 cm³/mol. The van der Waals surface area contributed by atoms with Gasteiger partial charge in [0, 0.05) is 19.0 Å². The molecule has 0 heterocycles. The fourth-order valence-corrected chi connectivity index (χ4v) is 4.76. The molecule has 156 valence electrons. The Bertz CT molecular complexity index is 980. The molecule has 1 aliphatic rings. The van der Waals surface area contributed by atoms with Crippen LogP contribution in [0.25, 0.3) is 0 Å². The topological polar surface area (TPSA) is 75.7 Å². The molecular formula is C22H28N2O4S. The zero-order valence-electron chi connectivity index (χ0n) is 17.1. The zero-order chi connectivity index (χ0) is 21.0. The summed E-state index contributed by atoms with van der Waals surface area (Å²) in [6, 6.07) is 12.2. The summed E-state index contributed by atoms with van der Waals surface area (Å²) in [5, 5.41) is 2.89. The third-order valence-electron chi connectivity index (χ3n) is 5.25. The van der Waals surface area contributed by atoms with E-state index in [1.165, 1.54) is 16.4 Å². The number of nitrogens with zero attached hydrogens (tertiary/aromatic N) is 1.